The zero-order valence-electron chi connectivity index (χ0n) is 18.6. The van der Waals surface area contributed by atoms with E-state index in [1.807, 2.05) is 26.0 Å². The van der Waals surface area contributed by atoms with Crippen molar-refractivity contribution in [3.05, 3.63) is 59.7 Å². The third-order valence-corrected chi connectivity index (χ3v) is 6.85. The molecular weight excluding hydrogens is 415 g/mol. The molecular formula is C25H30F3N3O. The number of alkyl halides is 3. The topological polar surface area (TPSA) is 26.8 Å². The van der Waals surface area contributed by atoms with E-state index >= 15 is 0 Å². The van der Waals surface area contributed by atoms with E-state index in [9.17, 15) is 18.0 Å². The van der Waals surface area contributed by atoms with Gasteiger partial charge >= 0.3 is 6.18 Å². The SMILES string of the molecule is CCN(CC)C(=O)c1ccc(N(c2cccc(C(F)(F)F)c2)C2CN3CCC2CC3)cc1. The number of piperidine rings is 3. The van der Waals surface area contributed by atoms with Gasteiger partial charge in [-0.1, -0.05) is 6.07 Å². The molecule has 0 aliphatic carbocycles. The van der Waals surface area contributed by atoms with Crippen LogP contribution in [0.1, 0.15) is 42.6 Å². The number of hydrogen-bond acceptors (Lipinski definition) is 3. The van der Waals surface area contributed by atoms with Gasteiger partial charge < -0.3 is 14.7 Å². The number of benzene rings is 2. The third-order valence-electron chi connectivity index (χ3n) is 6.85. The van der Waals surface area contributed by atoms with Crippen LogP contribution in [-0.2, 0) is 6.18 Å². The molecule has 3 aliphatic rings. The minimum Gasteiger partial charge on any atom is -0.339 e. The fraction of sp³-hybridized carbons (Fsp3) is 0.480. The van der Waals surface area contributed by atoms with Crippen LogP contribution in [0.3, 0.4) is 0 Å². The Morgan fingerprint density at radius 1 is 1.00 bits per heavy atom. The molecule has 1 unspecified atom stereocenters. The molecule has 2 aromatic carbocycles. The van der Waals surface area contributed by atoms with Crippen LogP contribution in [0.5, 0.6) is 0 Å². The van der Waals surface area contributed by atoms with Gasteiger partial charge in [-0.3, -0.25) is 4.79 Å². The summed E-state index contributed by atoms with van der Waals surface area (Å²) in [6, 6.07) is 13.0. The van der Waals surface area contributed by atoms with E-state index in [2.05, 4.69) is 9.80 Å². The molecule has 172 valence electrons. The van der Waals surface area contributed by atoms with Crippen molar-refractivity contribution in [2.45, 2.75) is 38.9 Å². The average Bonchev–Trinajstić information content (AvgIpc) is 2.81. The number of nitrogens with zero attached hydrogens (tertiary/aromatic N) is 3. The Labute approximate surface area is 187 Å². The summed E-state index contributed by atoms with van der Waals surface area (Å²) in [4.78, 5) is 18.9. The molecule has 0 aromatic heterocycles. The van der Waals surface area contributed by atoms with Crippen molar-refractivity contribution in [2.75, 3.05) is 37.6 Å². The van der Waals surface area contributed by atoms with E-state index in [0.29, 0.717) is 30.3 Å². The summed E-state index contributed by atoms with van der Waals surface area (Å²) >= 11 is 0. The average molecular weight is 446 g/mol. The Hall–Kier alpha value is -2.54. The molecule has 0 spiro atoms. The van der Waals surface area contributed by atoms with Crippen LogP contribution in [0, 0.1) is 5.92 Å². The first-order valence-corrected chi connectivity index (χ1v) is 11.4. The van der Waals surface area contributed by atoms with Crippen molar-refractivity contribution in [3.63, 3.8) is 0 Å². The lowest BCUT2D eigenvalue weighted by Crippen LogP contribution is -2.56. The van der Waals surface area contributed by atoms with Crippen molar-refractivity contribution >= 4 is 17.3 Å². The predicted octanol–water partition coefficient (Wildman–Crippen LogP) is 5.42. The molecule has 0 saturated carbocycles. The van der Waals surface area contributed by atoms with Gasteiger partial charge in [-0.05, 0) is 88.2 Å². The van der Waals surface area contributed by atoms with E-state index in [4.69, 9.17) is 0 Å². The summed E-state index contributed by atoms with van der Waals surface area (Å²) in [7, 11) is 0. The van der Waals surface area contributed by atoms with Gasteiger partial charge in [0.25, 0.3) is 5.91 Å². The largest absolute Gasteiger partial charge is 0.416 e. The summed E-state index contributed by atoms with van der Waals surface area (Å²) in [5.74, 6) is 0.404. The highest BCUT2D eigenvalue weighted by atomic mass is 19.4. The van der Waals surface area contributed by atoms with Crippen molar-refractivity contribution in [1.29, 1.82) is 0 Å². The van der Waals surface area contributed by atoms with Gasteiger partial charge in [0.2, 0.25) is 0 Å². The fourth-order valence-corrected chi connectivity index (χ4v) is 5.05. The summed E-state index contributed by atoms with van der Waals surface area (Å²) in [6.45, 7) is 8.09. The number of carbonyl (C=O) groups excluding carboxylic acids is 1. The first-order chi connectivity index (χ1) is 15.3. The summed E-state index contributed by atoms with van der Waals surface area (Å²) < 4.78 is 40.3. The molecule has 2 aromatic rings. The Morgan fingerprint density at radius 3 is 2.19 bits per heavy atom. The standard InChI is InChI=1S/C25H30F3N3O/c1-3-30(4-2)24(32)19-8-10-21(11-9-19)31(23-17-29-14-12-18(23)13-15-29)22-7-5-6-20(16-22)25(26,27)28/h5-11,16,18,23H,3-4,12-15,17H2,1-2H3. The van der Waals surface area contributed by atoms with Crippen LogP contribution in [0.2, 0.25) is 0 Å². The maximum atomic E-state index is 13.4. The number of halogens is 3. The van der Waals surface area contributed by atoms with Crippen molar-refractivity contribution < 1.29 is 18.0 Å². The Kier molecular flexibility index (Phi) is 6.47. The summed E-state index contributed by atoms with van der Waals surface area (Å²) in [5, 5.41) is 0. The minimum atomic E-state index is -4.39. The highest BCUT2D eigenvalue weighted by molar-refractivity contribution is 5.94. The molecule has 4 nitrogen and oxygen atoms in total. The molecule has 5 rings (SSSR count). The monoisotopic (exact) mass is 445 g/mol. The van der Waals surface area contributed by atoms with E-state index in [1.54, 1.807) is 23.1 Å². The molecule has 1 atom stereocenters. The second-order valence-corrected chi connectivity index (χ2v) is 8.65. The molecule has 0 radical (unpaired) electrons. The first-order valence-electron chi connectivity index (χ1n) is 11.4. The molecule has 2 bridgehead atoms. The highest BCUT2D eigenvalue weighted by Crippen LogP contribution is 2.40. The number of hydrogen-bond donors (Lipinski definition) is 0. The molecule has 7 heteroatoms. The van der Waals surface area contributed by atoms with Gasteiger partial charge in [-0.25, -0.2) is 0 Å². The normalized spacial score (nSPS) is 22.6. The summed E-state index contributed by atoms with van der Waals surface area (Å²) in [6.07, 6.45) is -2.28. The van der Waals surface area contributed by atoms with Gasteiger partial charge in [0.15, 0.2) is 0 Å². The molecule has 3 aliphatic heterocycles. The molecule has 3 heterocycles. The van der Waals surface area contributed by atoms with Crippen LogP contribution in [-0.4, -0.2) is 54.5 Å². The lowest BCUT2D eigenvalue weighted by Gasteiger charge is -2.50. The molecule has 32 heavy (non-hydrogen) atoms. The number of carbonyl (C=O) groups is 1. The van der Waals surface area contributed by atoms with Crippen LogP contribution < -0.4 is 4.90 Å². The predicted molar refractivity (Wildman–Crippen MR) is 120 cm³/mol. The van der Waals surface area contributed by atoms with Crippen molar-refractivity contribution in [2.24, 2.45) is 5.92 Å². The Bertz CT molecular complexity index is 932. The van der Waals surface area contributed by atoms with Gasteiger partial charge in [0.1, 0.15) is 0 Å². The smallest absolute Gasteiger partial charge is 0.339 e. The second kappa shape index (κ2) is 9.14. The first kappa shape index (κ1) is 22.6. The fourth-order valence-electron chi connectivity index (χ4n) is 5.05. The van der Waals surface area contributed by atoms with E-state index in [1.165, 1.54) is 12.1 Å². The van der Waals surface area contributed by atoms with Crippen LogP contribution >= 0.6 is 0 Å². The molecule has 3 saturated heterocycles. The second-order valence-electron chi connectivity index (χ2n) is 8.65. The molecule has 3 fully saturated rings. The number of rotatable bonds is 6. The zero-order chi connectivity index (χ0) is 22.9. The lowest BCUT2D eigenvalue weighted by molar-refractivity contribution is -0.137. The Morgan fingerprint density at radius 2 is 1.66 bits per heavy atom. The van der Waals surface area contributed by atoms with Gasteiger partial charge in [0.05, 0.1) is 5.56 Å². The molecule has 1 amide bonds. The molecule has 0 N–H and O–H groups in total. The number of anilines is 2. The Balaban J connectivity index is 1.71. The van der Waals surface area contributed by atoms with E-state index in [0.717, 1.165) is 44.2 Å². The van der Waals surface area contributed by atoms with Crippen LogP contribution in [0.4, 0.5) is 24.5 Å². The van der Waals surface area contributed by atoms with E-state index in [-0.39, 0.29) is 11.9 Å². The third kappa shape index (κ3) is 4.49. The quantitative estimate of drug-likeness (QED) is 0.594. The minimum absolute atomic E-state index is 0.0324. The van der Waals surface area contributed by atoms with Crippen LogP contribution in [0.15, 0.2) is 48.5 Å². The van der Waals surface area contributed by atoms with Gasteiger partial charge in [0, 0.05) is 42.6 Å². The van der Waals surface area contributed by atoms with Crippen LogP contribution in [0.25, 0.3) is 0 Å². The van der Waals surface area contributed by atoms with Crippen molar-refractivity contribution in [1.82, 2.24) is 9.80 Å². The van der Waals surface area contributed by atoms with E-state index < -0.39 is 11.7 Å². The maximum Gasteiger partial charge on any atom is 0.416 e. The van der Waals surface area contributed by atoms with Crippen molar-refractivity contribution in [3.8, 4) is 0 Å². The highest BCUT2D eigenvalue weighted by Gasteiger charge is 2.39. The van der Waals surface area contributed by atoms with Gasteiger partial charge in [-0.2, -0.15) is 13.2 Å². The number of amides is 1. The summed E-state index contributed by atoms with van der Waals surface area (Å²) in [5.41, 5.74) is 1.31. The lowest BCUT2D eigenvalue weighted by atomic mass is 9.82. The zero-order valence-corrected chi connectivity index (χ0v) is 18.6. The van der Waals surface area contributed by atoms with Gasteiger partial charge in [-0.15, -0.1) is 0 Å². The number of fused-ring (bicyclic) bond motifs is 3. The maximum absolute atomic E-state index is 13.4.